The van der Waals surface area contributed by atoms with Gasteiger partial charge in [0, 0.05) is 36.7 Å². The summed E-state index contributed by atoms with van der Waals surface area (Å²) in [5.74, 6) is 2.22. The van der Waals surface area contributed by atoms with Gasteiger partial charge in [0.05, 0.1) is 23.3 Å². The number of nitrogens with zero attached hydrogens (tertiary/aromatic N) is 1. The lowest BCUT2D eigenvalue weighted by Crippen LogP contribution is -2.59. The van der Waals surface area contributed by atoms with Crippen LogP contribution in [0.1, 0.15) is 69.2 Å². The van der Waals surface area contributed by atoms with Crippen molar-refractivity contribution in [3.05, 3.63) is 44.6 Å². The number of hydrogen-bond donors (Lipinski definition) is 3. The van der Waals surface area contributed by atoms with Crippen molar-refractivity contribution in [2.24, 2.45) is 23.2 Å². The average Bonchev–Trinajstić information content (AvgIpc) is 2.95. The van der Waals surface area contributed by atoms with Crippen LogP contribution in [0, 0.1) is 26.7 Å². The lowest BCUT2D eigenvalue weighted by atomic mass is 9.49. The summed E-state index contributed by atoms with van der Waals surface area (Å²) in [5, 5.41) is 24.0. The Morgan fingerprint density at radius 1 is 1.14 bits per heavy atom. The topological polar surface area (TPSA) is 125 Å². The van der Waals surface area contributed by atoms with E-state index in [1.807, 2.05) is 18.7 Å². The number of carbonyl (C=O) groups is 3. The van der Waals surface area contributed by atoms with Crippen LogP contribution in [0.15, 0.2) is 35.4 Å². The van der Waals surface area contributed by atoms with Crippen molar-refractivity contribution in [1.82, 2.24) is 10.2 Å². The van der Waals surface area contributed by atoms with E-state index in [1.165, 1.54) is 26.4 Å². The molecular formula is C33H43IN2O7. The van der Waals surface area contributed by atoms with Crippen LogP contribution in [0.3, 0.4) is 0 Å². The number of aliphatic hydroxyl groups excluding tert-OH is 2. The molecule has 43 heavy (non-hydrogen) atoms. The van der Waals surface area contributed by atoms with Crippen molar-refractivity contribution < 1.29 is 34.1 Å². The second-order valence-corrected chi connectivity index (χ2v) is 14.4. The number of carbonyl (C=O) groups excluding carboxylic acids is 3. The molecule has 9 nitrogen and oxygen atoms in total. The minimum Gasteiger partial charge on any atom is -0.493 e. The van der Waals surface area contributed by atoms with Gasteiger partial charge in [-0.15, -0.1) is 0 Å². The molecule has 234 valence electrons. The monoisotopic (exact) mass is 706 g/mol. The molecule has 10 heteroatoms. The molecular weight excluding hydrogens is 663 g/mol. The summed E-state index contributed by atoms with van der Waals surface area (Å²) in [7, 11) is 1.47. The Kier molecular flexibility index (Phi) is 9.87. The molecule has 5 aliphatic carbocycles. The summed E-state index contributed by atoms with van der Waals surface area (Å²) in [6.45, 7) is 4.18. The number of methoxy groups -OCH3 is 1. The first-order valence-corrected chi connectivity index (χ1v) is 16.3. The van der Waals surface area contributed by atoms with Crippen molar-refractivity contribution in [2.45, 2.75) is 77.0 Å². The smallest absolute Gasteiger partial charge is 0.247 e. The first kappa shape index (κ1) is 32.0. The number of halogens is 1. The van der Waals surface area contributed by atoms with Gasteiger partial charge in [-0.2, -0.15) is 0 Å². The summed E-state index contributed by atoms with van der Waals surface area (Å²) in [6, 6.07) is 2.51. The van der Waals surface area contributed by atoms with Crippen molar-refractivity contribution in [3.63, 3.8) is 0 Å². The number of amides is 2. The van der Waals surface area contributed by atoms with Gasteiger partial charge in [0.15, 0.2) is 11.5 Å². The second-order valence-electron chi connectivity index (χ2n) is 13.3. The maximum atomic E-state index is 14.0. The third-order valence-electron chi connectivity index (χ3n) is 9.62. The van der Waals surface area contributed by atoms with E-state index in [4.69, 9.17) is 9.47 Å². The molecule has 6 rings (SSSR count). The molecule has 0 aromatic heterocycles. The van der Waals surface area contributed by atoms with Crippen LogP contribution in [0.5, 0.6) is 11.5 Å². The minimum atomic E-state index is -1.14. The fourth-order valence-corrected chi connectivity index (χ4v) is 9.12. The second kappa shape index (κ2) is 13.3. The zero-order valence-corrected chi connectivity index (χ0v) is 27.3. The van der Waals surface area contributed by atoms with Gasteiger partial charge in [-0.3, -0.25) is 14.4 Å². The highest BCUT2D eigenvalue weighted by molar-refractivity contribution is 14.1. The fraction of sp³-hybridized carbons (Fsp3) is 0.606. The highest BCUT2D eigenvalue weighted by Crippen LogP contribution is 2.60. The molecule has 1 aromatic carbocycles. The fourth-order valence-electron chi connectivity index (χ4n) is 8.37. The molecule has 4 bridgehead atoms. The molecule has 1 aromatic rings. The molecule has 3 atom stereocenters. The highest BCUT2D eigenvalue weighted by atomic mass is 127. The lowest BCUT2D eigenvalue weighted by molar-refractivity contribution is -0.142. The average molecular weight is 707 g/mol. The van der Waals surface area contributed by atoms with Crippen molar-refractivity contribution in [2.75, 3.05) is 26.8 Å². The molecule has 0 spiro atoms. The van der Waals surface area contributed by atoms with Crippen LogP contribution in [-0.4, -0.2) is 78.3 Å². The lowest BCUT2D eigenvalue weighted by Gasteiger charge is -2.58. The quantitative estimate of drug-likeness (QED) is 0.180. The molecule has 2 amide bonds. The molecule has 3 N–H and O–H groups in total. The predicted molar refractivity (Wildman–Crippen MR) is 170 cm³/mol. The standard InChI is InChI=1S/C33H43IN2O7/c1-19(2)6-29(39)36(18-33-14-20-7-21(15-33)9-22(8-20)16-33)26-12-24(32(41)35-4-5-37)13-27(30(26)40)43-31-25(34)10-23(17-38)11-28(31)42-3/h6,10-11,13,17,20-22,26-27,30,37,40H,4-5,7-9,12,14-16,18H2,1-3H3,(H,35,41). The Morgan fingerprint density at radius 3 is 2.35 bits per heavy atom. The maximum Gasteiger partial charge on any atom is 0.247 e. The Balaban J connectivity index is 1.51. The van der Waals surface area contributed by atoms with Crippen LogP contribution in [-0.2, 0) is 9.59 Å². The molecule has 0 radical (unpaired) electrons. The SMILES string of the molecule is COc1cc(C=O)cc(I)c1OC1C=C(C(=O)NCCO)CC(N(CC23CC4CC(CC(C4)C2)C3)C(=O)C=C(C)C)C1O. The molecule has 0 saturated heterocycles. The van der Waals surface area contributed by atoms with Crippen molar-refractivity contribution >= 4 is 40.7 Å². The molecule has 5 aliphatic rings. The Bertz CT molecular complexity index is 1270. The Hall–Kier alpha value is -2.44. The van der Waals surface area contributed by atoms with E-state index in [0.29, 0.717) is 50.5 Å². The Morgan fingerprint density at radius 2 is 1.79 bits per heavy atom. The number of benzene rings is 1. The summed E-state index contributed by atoms with van der Waals surface area (Å²) in [4.78, 5) is 40.5. The largest absolute Gasteiger partial charge is 0.493 e. The van der Waals surface area contributed by atoms with Gasteiger partial charge in [0.25, 0.3) is 0 Å². The summed E-state index contributed by atoms with van der Waals surface area (Å²) in [5.41, 5.74) is 1.68. The third kappa shape index (κ3) is 6.96. The molecule has 4 fully saturated rings. The molecule has 4 saturated carbocycles. The number of rotatable bonds is 11. The molecule has 0 heterocycles. The predicted octanol–water partition coefficient (Wildman–Crippen LogP) is 4.04. The van der Waals surface area contributed by atoms with Gasteiger partial charge in [-0.25, -0.2) is 0 Å². The van der Waals surface area contributed by atoms with Crippen molar-refractivity contribution in [1.29, 1.82) is 0 Å². The number of allylic oxidation sites excluding steroid dienone is 1. The van der Waals surface area contributed by atoms with E-state index >= 15 is 0 Å². The highest BCUT2D eigenvalue weighted by Gasteiger charge is 2.53. The summed E-state index contributed by atoms with van der Waals surface area (Å²) < 4.78 is 12.5. The molecule has 3 unspecified atom stereocenters. The van der Waals surface area contributed by atoms with Crippen LogP contribution in [0.4, 0.5) is 0 Å². The number of aldehydes is 1. The van der Waals surface area contributed by atoms with Gasteiger partial charge >= 0.3 is 0 Å². The van der Waals surface area contributed by atoms with Gasteiger partial charge < -0.3 is 29.9 Å². The maximum absolute atomic E-state index is 14.0. The van der Waals surface area contributed by atoms with Crippen LogP contribution in [0.2, 0.25) is 0 Å². The number of ether oxygens (including phenoxy) is 2. The minimum absolute atomic E-state index is 0.0136. The normalized spacial score (nSPS) is 30.7. The van der Waals surface area contributed by atoms with Crippen molar-refractivity contribution in [3.8, 4) is 11.5 Å². The summed E-state index contributed by atoms with van der Waals surface area (Å²) >= 11 is 2.05. The van der Waals surface area contributed by atoms with Gasteiger partial charge in [-0.1, -0.05) is 5.57 Å². The number of nitrogens with one attached hydrogen (secondary N) is 1. The Labute approximate surface area is 267 Å². The third-order valence-corrected chi connectivity index (χ3v) is 10.4. The first-order chi connectivity index (χ1) is 20.5. The number of hydrogen-bond acceptors (Lipinski definition) is 7. The van der Waals surface area contributed by atoms with E-state index in [-0.39, 0.29) is 36.8 Å². The van der Waals surface area contributed by atoms with E-state index in [9.17, 15) is 24.6 Å². The van der Waals surface area contributed by atoms with E-state index in [2.05, 4.69) is 27.9 Å². The van der Waals surface area contributed by atoms with Crippen LogP contribution in [0.25, 0.3) is 0 Å². The summed E-state index contributed by atoms with van der Waals surface area (Å²) in [6.07, 6.45) is 9.13. The zero-order valence-electron chi connectivity index (χ0n) is 25.2. The van der Waals surface area contributed by atoms with Crippen LogP contribution >= 0.6 is 22.6 Å². The molecule has 0 aliphatic heterocycles. The van der Waals surface area contributed by atoms with Crippen LogP contribution < -0.4 is 14.8 Å². The van der Waals surface area contributed by atoms with E-state index < -0.39 is 18.2 Å². The van der Waals surface area contributed by atoms with E-state index in [1.54, 1.807) is 24.3 Å². The first-order valence-electron chi connectivity index (χ1n) is 15.3. The van der Waals surface area contributed by atoms with E-state index in [0.717, 1.165) is 31.1 Å². The van der Waals surface area contributed by atoms with Gasteiger partial charge in [-0.05, 0) is 116 Å². The van der Waals surface area contributed by atoms with Gasteiger partial charge in [0.2, 0.25) is 11.8 Å². The zero-order chi connectivity index (χ0) is 30.9. The number of aliphatic hydroxyl groups is 2. The van der Waals surface area contributed by atoms with Gasteiger partial charge in [0.1, 0.15) is 18.5 Å².